The van der Waals surface area contributed by atoms with Gasteiger partial charge >= 0.3 is 0 Å². The molecule has 23 heavy (non-hydrogen) atoms. The van der Waals surface area contributed by atoms with Crippen LogP contribution in [0.4, 0.5) is 0 Å². The summed E-state index contributed by atoms with van der Waals surface area (Å²) >= 11 is 0. The van der Waals surface area contributed by atoms with Gasteiger partial charge < -0.3 is 20.2 Å². The van der Waals surface area contributed by atoms with Gasteiger partial charge in [0.1, 0.15) is 17.1 Å². The highest BCUT2D eigenvalue weighted by atomic mass is 16.4. The van der Waals surface area contributed by atoms with Gasteiger partial charge in [-0.1, -0.05) is 0 Å². The molecule has 7 nitrogen and oxygen atoms in total. The predicted molar refractivity (Wildman–Crippen MR) is 89.0 cm³/mol. The molecular weight excluding hydrogens is 294 g/mol. The smallest absolute Gasteiger partial charge is 0.191 e. The molecule has 0 bridgehead atoms. The molecule has 2 aromatic heterocycles. The van der Waals surface area contributed by atoms with Crippen LogP contribution in [0.5, 0.6) is 0 Å². The van der Waals surface area contributed by atoms with Crippen LogP contribution in [0.1, 0.15) is 30.9 Å². The molecule has 0 aliphatic heterocycles. The largest absolute Gasteiger partial charge is 0.463 e. The minimum absolute atomic E-state index is 0.291. The van der Waals surface area contributed by atoms with E-state index in [4.69, 9.17) is 4.42 Å². The van der Waals surface area contributed by atoms with Gasteiger partial charge in [-0.15, -0.1) is 0 Å². The van der Waals surface area contributed by atoms with Gasteiger partial charge in [-0.25, -0.2) is 4.99 Å². The van der Waals surface area contributed by atoms with Crippen molar-refractivity contribution in [3.8, 4) is 0 Å². The van der Waals surface area contributed by atoms with Gasteiger partial charge in [-0.2, -0.15) is 5.10 Å². The van der Waals surface area contributed by atoms with Crippen LogP contribution in [-0.4, -0.2) is 33.9 Å². The summed E-state index contributed by atoms with van der Waals surface area (Å²) in [5.74, 6) is 1.95. The maximum absolute atomic E-state index is 10.6. The van der Waals surface area contributed by atoms with Crippen molar-refractivity contribution in [1.29, 1.82) is 0 Å². The fourth-order valence-electron chi connectivity index (χ4n) is 2.13. The zero-order valence-electron chi connectivity index (χ0n) is 14.1. The lowest BCUT2D eigenvalue weighted by Gasteiger charge is -2.22. The summed E-state index contributed by atoms with van der Waals surface area (Å²) in [7, 11) is 1.87. The molecule has 0 radical (unpaired) electrons. The molecule has 0 spiro atoms. The number of aliphatic hydroxyl groups is 1. The SMILES string of the molecule is CCNC(=NCc1cnn(C)c1)NCC(C)(O)c1ccc(C)o1. The third kappa shape index (κ3) is 4.85. The van der Waals surface area contributed by atoms with Gasteiger partial charge in [0.2, 0.25) is 0 Å². The second-order valence-corrected chi connectivity index (χ2v) is 5.76. The summed E-state index contributed by atoms with van der Waals surface area (Å²) in [6.45, 7) is 7.11. The second-order valence-electron chi connectivity index (χ2n) is 5.76. The Morgan fingerprint density at radius 2 is 2.22 bits per heavy atom. The van der Waals surface area contributed by atoms with Crippen LogP contribution < -0.4 is 10.6 Å². The van der Waals surface area contributed by atoms with Crippen molar-refractivity contribution in [2.24, 2.45) is 12.0 Å². The Hall–Kier alpha value is -2.28. The first-order chi connectivity index (χ1) is 10.9. The average molecular weight is 319 g/mol. The van der Waals surface area contributed by atoms with Crippen LogP contribution >= 0.6 is 0 Å². The van der Waals surface area contributed by atoms with E-state index in [1.54, 1.807) is 23.9 Å². The molecule has 1 atom stereocenters. The van der Waals surface area contributed by atoms with Gasteiger partial charge in [-0.05, 0) is 32.9 Å². The van der Waals surface area contributed by atoms with E-state index in [1.807, 2.05) is 33.2 Å². The van der Waals surface area contributed by atoms with Crippen LogP contribution in [0, 0.1) is 6.92 Å². The molecule has 1 unspecified atom stereocenters. The molecule has 2 rings (SSSR count). The Kier molecular flexibility index (Phi) is 5.44. The van der Waals surface area contributed by atoms with Gasteiger partial charge in [0.15, 0.2) is 5.96 Å². The lowest BCUT2D eigenvalue weighted by atomic mass is 10.0. The fraction of sp³-hybridized carbons (Fsp3) is 0.500. The van der Waals surface area contributed by atoms with Crippen molar-refractivity contribution >= 4 is 5.96 Å². The first-order valence-corrected chi connectivity index (χ1v) is 7.69. The molecule has 0 amide bonds. The van der Waals surface area contributed by atoms with E-state index in [0.29, 0.717) is 24.8 Å². The number of aliphatic imine (C=N–C) groups is 1. The first kappa shape index (κ1) is 17.1. The number of rotatable bonds is 6. The Bertz CT molecular complexity index is 657. The number of hydrogen-bond donors (Lipinski definition) is 3. The Balaban J connectivity index is 1.98. The quantitative estimate of drug-likeness (QED) is 0.551. The molecule has 0 aliphatic carbocycles. The van der Waals surface area contributed by atoms with E-state index < -0.39 is 5.60 Å². The number of guanidine groups is 1. The Morgan fingerprint density at radius 1 is 1.43 bits per heavy atom. The van der Waals surface area contributed by atoms with Crippen LogP contribution in [0.25, 0.3) is 0 Å². The number of aromatic nitrogens is 2. The monoisotopic (exact) mass is 319 g/mol. The van der Waals surface area contributed by atoms with Gasteiger partial charge in [0.25, 0.3) is 0 Å². The summed E-state index contributed by atoms with van der Waals surface area (Å²) in [4.78, 5) is 4.50. The van der Waals surface area contributed by atoms with Crippen LogP contribution in [0.2, 0.25) is 0 Å². The average Bonchev–Trinajstić information content (AvgIpc) is 3.11. The molecule has 2 aromatic rings. The fourth-order valence-corrected chi connectivity index (χ4v) is 2.13. The summed E-state index contributed by atoms with van der Waals surface area (Å²) in [5.41, 5.74) is -0.0863. The van der Waals surface area contributed by atoms with Gasteiger partial charge in [0, 0.05) is 25.4 Å². The van der Waals surface area contributed by atoms with Crippen molar-refractivity contribution in [3.63, 3.8) is 0 Å². The second kappa shape index (κ2) is 7.32. The molecule has 7 heteroatoms. The molecule has 2 heterocycles. The lowest BCUT2D eigenvalue weighted by molar-refractivity contribution is 0.0378. The van der Waals surface area contributed by atoms with Crippen LogP contribution in [0.3, 0.4) is 0 Å². The van der Waals surface area contributed by atoms with E-state index in [2.05, 4.69) is 20.7 Å². The Labute approximate surface area is 136 Å². The molecule has 3 N–H and O–H groups in total. The molecular formula is C16H25N5O2. The highest BCUT2D eigenvalue weighted by Crippen LogP contribution is 2.21. The van der Waals surface area contributed by atoms with Crippen LogP contribution in [0.15, 0.2) is 33.9 Å². The molecule has 126 valence electrons. The van der Waals surface area contributed by atoms with Gasteiger partial charge in [0.05, 0.1) is 19.3 Å². The van der Waals surface area contributed by atoms with Crippen molar-refractivity contribution in [2.45, 2.75) is 32.9 Å². The zero-order chi connectivity index (χ0) is 16.9. The normalized spacial score (nSPS) is 14.6. The standard InChI is InChI=1S/C16H25N5O2/c1-5-17-15(18-8-13-9-20-21(4)10-13)19-11-16(3,22)14-7-6-12(2)23-14/h6-7,9-10,22H,5,8,11H2,1-4H3,(H2,17,18,19). The van der Waals surface area contributed by atoms with E-state index in [1.165, 1.54) is 0 Å². The van der Waals surface area contributed by atoms with Crippen molar-refractivity contribution in [1.82, 2.24) is 20.4 Å². The number of aryl methyl sites for hydroxylation is 2. The van der Waals surface area contributed by atoms with E-state index >= 15 is 0 Å². The topological polar surface area (TPSA) is 87.6 Å². The maximum Gasteiger partial charge on any atom is 0.191 e. The molecule has 0 aliphatic rings. The number of hydrogen-bond acceptors (Lipinski definition) is 4. The summed E-state index contributed by atoms with van der Waals surface area (Å²) < 4.78 is 7.26. The minimum atomic E-state index is -1.11. The predicted octanol–water partition coefficient (Wildman–Crippen LogP) is 1.28. The summed E-state index contributed by atoms with van der Waals surface area (Å²) in [6.07, 6.45) is 3.71. The lowest BCUT2D eigenvalue weighted by Crippen LogP contribution is -2.44. The third-order valence-corrected chi connectivity index (χ3v) is 3.39. The number of furan rings is 1. The summed E-state index contributed by atoms with van der Waals surface area (Å²) in [5, 5.41) is 21.0. The maximum atomic E-state index is 10.6. The molecule has 0 aromatic carbocycles. The highest BCUT2D eigenvalue weighted by molar-refractivity contribution is 5.79. The van der Waals surface area contributed by atoms with Crippen molar-refractivity contribution in [3.05, 3.63) is 41.6 Å². The Morgan fingerprint density at radius 3 is 2.78 bits per heavy atom. The van der Waals surface area contributed by atoms with Crippen molar-refractivity contribution in [2.75, 3.05) is 13.1 Å². The van der Waals surface area contributed by atoms with E-state index in [0.717, 1.165) is 17.9 Å². The molecule has 0 fully saturated rings. The molecule has 0 saturated carbocycles. The number of nitrogens with zero attached hydrogens (tertiary/aromatic N) is 3. The van der Waals surface area contributed by atoms with Gasteiger partial charge in [-0.3, -0.25) is 4.68 Å². The van der Waals surface area contributed by atoms with E-state index in [9.17, 15) is 5.11 Å². The third-order valence-electron chi connectivity index (χ3n) is 3.39. The molecule has 0 saturated heterocycles. The first-order valence-electron chi connectivity index (χ1n) is 7.69. The summed E-state index contributed by atoms with van der Waals surface area (Å²) in [6, 6.07) is 3.63. The number of nitrogens with one attached hydrogen (secondary N) is 2. The highest BCUT2D eigenvalue weighted by Gasteiger charge is 2.27. The van der Waals surface area contributed by atoms with E-state index in [-0.39, 0.29) is 0 Å². The minimum Gasteiger partial charge on any atom is -0.463 e. The zero-order valence-corrected chi connectivity index (χ0v) is 14.1. The van der Waals surface area contributed by atoms with Crippen LogP contribution in [-0.2, 0) is 19.2 Å². The van der Waals surface area contributed by atoms with Crippen molar-refractivity contribution < 1.29 is 9.52 Å².